The van der Waals surface area contributed by atoms with Crippen LogP contribution in [0.1, 0.15) is 40.5 Å². The van der Waals surface area contributed by atoms with E-state index < -0.39 is 17.8 Å². The highest BCUT2D eigenvalue weighted by atomic mass is 19.4. The molecule has 7 heteroatoms. The highest BCUT2D eigenvalue weighted by molar-refractivity contribution is 6.01. The molecule has 0 spiro atoms. The molecular formula is C20H17F3N2O2. The molecule has 0 fully saturated rings. The third-order valence-electron chi connectivity index (χ3n) is 4.05. The minimum absolute atomic E-state index is 0.354. The van der Waals surface area contributed by atoms with Crippen molar-refractivity contribution in [1.82, 2.24) is 10.3 Å². The molecule has 3 aromatic rings. The minimum atomic E-state index is -4.40. The van der Waals surface area contributed by atoms with Gasteiger partial charge in [0.25, 0.3) is 5.91 Å². The van der Waals surface area contributed by atoms with Crippen molar-refractivity contribution in [3.63, 3.8) is 0 Å². The summed E-state index contributed by atoms with van der Waals surface area (Å²) in [5, 5.41) is 2.80. The first-order valence-electron chi connectivity index (χ1n) is 8.25. The number of oxazole rings is 1. The summed E-state index contributed by atoms with van der Waals surface area (Å²) >= 11 is 0. The van der Waals surface area contributed by atoms with E-state index in [9.17, 15) is 18.0 Å². The Morgan fingerprint density at radius 2 is 1.78 bits per heavy atom. The van der Waals surface area contributed by atoms with Gasteiger partial charge < -0.3 is 9.73 Å². The summed E-state index contributed by atoms with van der Waals surface area (Å²) in [4.78, 5) is 16.8. The summed E-state index contributed by atoms with van der Waals surface area (Å²) in [5.74, 6) is 0.651. The van der Waals surface area contributed by atoms with Crippen molar-refractivity contribution < 1.29 is 22.4 Å². The molecule has 1 amide bonds. The molecule has 1 heterocycles. The molecule has 0 saturated carbocycles. The zero-order chi connectivity index (χ0) is 19.6. The SMILES string of the molecule is Cc1cnc(C(C)NC(=O)c2ccccc2-c2ccc(C(F)(F)F)cc2)o1. The predicted octanol–water partition coefficient (Wildman–Crippen LogP) is 5.16. The van der Waals surface area contributed by atoms with Crippen LogP contribution in [-0.4, -0.2) is 10.9 Å². The highest BCUT2D eigenvalue weighted by Gasteiger charge is 2.30. The lowest BCUT2D eigenvalue weighted by atomic mass is 9.98. The highest BCUT2D eigenvalue weighted by Crippen LogP contribution is 2.32. The van der Waals surface area contributed by atoms with Crippen LogP contribution in [0.25, 0.3) is 11.1 Å². The molecule has 4 nitrogen and oxygen atoms in total. The van der Waals surface area contributed by atoms with Crippen molar-refractivity contribution in [1.29, 1.82) is 0 Å². The third-order valence-corrected chi connectivity index (χ3v) is 4.05. The fourth-order valence-corrected chi connectivity index (χ4v) is 2.68. The summed E-state index contributed by atoms with van der Waals surface area (Å²) in [5.41, 5.74) is 0.682. The lowest BCUT2D eigenvalue weighted by molar-refractivity contribution is -0.137. The second-order valence-corrected chi connectivity index (χ2v) is 6.12. The van der Waals surface area contributed by atoms with Crippen LogP contribution in [-0.2, 0) is 6.18 Å². The number of carbonyl (C=O) groups excluding carboxylic acids is 1. The van der Waals surface area contributed by atoms with Crippen LogP contribution in [0, 0.1) is 6.92 Å². The van der Waals surface area contributed by atoms with Gasteiger partial charge in [-0.3, -0.25) is 4.79 Å². The van der Waals surface area contributed by atoms with Gasteiger partial charge in [0, 0.05) is 5.56 Å². The van der Waals surface area contributed by atoms with Gasteiger partial charge in [0.05, 0.1) is 11.8 Å². The van der Waals surface area contributed by atoms with E-state index in [2.05, 4.69) is 10.3 Å². The normalized spacial score (nSPS) is 12.6. The van der Waals surface area contributed by atoms with Crippen LogP contribution < -0.4 is 5.32 Å². The number of nitrogens with one attached hydrogen (secondary N) is 1. The summed E-state index contributed by atoms with van der Waals surface area (Å²) in [6.45, 7) is 3.49. The van der Waals surface area contributed by atoms with Crippen LogP contribution in [0.4, 0.5) is 13.2 Å². The van der Waals surface area contributed by atoms with Crippen LogP contribution in [0.2, 0.25) is 0 Å². The quantitative estimate of drug-likeness (QED) is 0.686. The van der Waals surface area contributed by atoms with E-state index in [0.717, 1.165) is 12.1 Å². The number of aromatic nitrogens is 1. The van der Waals surface area contributed by atoms with E-state index in [0.29, 0.717) is 28.3 Å². The first-order valence-corrected chi connectivity index (χ1v) is 8.25. The van der Waals surface area contributed by atoms with Gasteiger partial charge in [0.15, 0.2) is 0 Å². The Morgan fingerprint density at radius 1 is 1.11 bits per heavy atom. The van der Waals surface area contributed by atoms with E-state index in [1.807, 2.05) is 0 Å². The van der Waals surface area contributed by atoms with Gasteiger partial charge in [-0.15, -0.1) is 0 Å². The van der Waals surface area contributed by atoms with Gasteiger partial charge in [-0.1, -0.05) is 30.3 Å². The van der Waals surface area contributed by atoms with Gasteiger partial charge >= 0.3 is 6.18 Å². The predicted molar refractivity (Wildman–Crippen MR) is 94.0 cm³/mol. The summed E-state index contributed by atoms with van der Waals surface area (Å²) in [7, 11) is 0. The molecule has 0 radical (unpaired) electrons. The molecule has 1 N–H and O–H groups in total. The monoisotopic (exact) mass is 374 g/mol. The number of carbonyl (C=O) groups is 1. The van der Waals surface area contributed by atoms with Crippen molar-refractivity contribution >= 4 is 5.91 Å². The minimum Gasteiger partial charge on any atom is -0.444 e. The Balaban J connectivity index is 1.86. The Bertz CT molecular complexity index is 946. The molecule has 140 valence electrons. The zero-order valence-corrected chi connectivity index (χ0v) is 14.7. The molecule has 1 aromatic heterocycles. The van der Waals surface area contributed by atoms with Crippen LogP contribution in [0.15, 0.2) is 59.1 Å². The van der Waals surface area contributed by atoms with Gasteiger partial charge in [-0.2, -0.15) is 13.2 Å². The van der Waals surface area contributed by atoms with Crippen molar-refractivity contribution in [2.75, 3.05) is 0 Å². The molecule has 0 aliphatic rings. The van der Waals surface area contributed by atoms with E-state index in [-0.39, 0.29) is 5.91 Å². The van der Waals surface area contributed by atoms with E-state index >= 15 is 0 Å². The number of alkyl halides is 3. The van der Waals surface area contributed by atoms with Crippen LogP contribution in [0.5, 0.6) is 0 Å². The summed E-state index contributed by atoms with van der Waals surface area (Å²) in [6.07, 6.45) is -2.84. The second-order valence-electron chi connectivity index (χ2n) is 6.12. The largest absolute Gasteiger partial charge is 0.444 e. The number of benzene rings is 2. The maximum atomic E-state index is 12.8. The molecule has 0 saturated heterocycles. The Labute approximate surface area is 154 Å². The smallest absolute Gasteiger partial charge is 0.416 e. The number of rotatable bonds is 4. The van der Waals surface area contributed by atoms with Crippen LogP contribution in [0.3, 0.4) is 0 Å². The Hall–Kier alpha value is -3.09. The van der Waals surface area contributed by atoms with E-state index in [1.54, 1.807) is 44.3 Å². The summed E-state index contributed by atoms with van der Waals surface area (Å²) in [6, 6.07) is 11.0. The Kier molecular flexibility index (Phi) is 5.03. The number of amides is 1. The molecule has 27 heavy (non-hydrogen) atoms. The molecule has 0 bridgehead atoms. The first-order chi connectivity index (χ1) is 12.8. The van der Waals surface area contributed by atoms with Crippen molar-refractivity contribution in [2.24, 2.45) is 0 Å². The van der Waals surface area contributed by atoms with Gasteiger partial charge in [-0.05, 0) is 43.2 Å². The first kappa shape index (κ1) is 18.7. The Morgan fingerprint density at radius 3 is 2.37 bits per heavy atom. The average molecular weight is 374 g/mol. The van der Waals surface area contributed by atoms with Gasteiger partial charge in [-0.25, -0.2) is 4.98 Å². The average Bonchev–Trinajstić information content (AvgIpc) is 3.07. The number of aryl methyl sites for hydroxylation is 1. The van der Waals surface area contributed by atoms with Gasteiger partial charge in [0.2, 0.25) is 5.89 Å². The lowest BCUT2D eigenvalue weighted by Crippen LogP contribution is -2.27. The molecule has 1 atom stereocenters. The second kappa shape index (κ2) is 7.26. The molecule has 2 aromatic carbocycles. The van der Waals surface area contributed by atoms with Crippen molar-refractivity contribution in [3.8, 4) is 11.1 Å². The topological polar surface area (TPSA) is 55.1 Å². The maximum Gasteiger partial charge on any atom is 0.416 e. The number of hydrogen-bond donors (Lipinski definition) is 1. The molecule has 1 unspecified atom stereocenters. The lowest BCUT2D eigenvalue weighted by Gasteiger charge is -2.14. The molecular weight excluding hydrogens is 357 g/mol. The fraction of sp³-hybridized carbons (Fsp3) is 0.200. The third kappa shape index (κ3) is 4.19. The van der Waals surface area contributed by atoms with Crippen molar-refractivity contribution in [2.45, 2.75) is 26.1 Å². The van der Waals surface area contributed by atoms with Crippen molar-refractivity contribution in [3.05, 3.63) is 77.5 Å². The van der Waals surface area contributed by atoms with Crippen LogP contribution >= 0.6 is 0 Å². The standard InChI is InChI=1S/C20H17F3N2O2/c1-12-11-24-19(27-12)13(2)25-18(26)17-6-4-3-5-16(17)14-7-9-15(10-8-14)20(21,22)23/h3-11,13H,1-2H3,(H,25,26). The van der Waals surface area contributed by atoms with Gasteiger partial charge in [0.1, 0.15) is 11.8 Å². The number of hydrogen-bond acceptors (Lipinski definition) is 3. The summed E-state index contributed by atoms with van der Waals surface area (Å²) < 4.78 is 43.7. The fourth-order valence-electron chi connectivity index (χ4n) is 2.68. The van der Waals surface area contributed by atoms with E-state index in [4.69, 9.17) is 4.42 Å². The number of nitrogens with zero attached hydrogens (tertiary/aromatic N) is 1. The molecule has 3 rings (SSSR count). The zero-order valence-electron chi connectivity index (χ0n) is 14.7. The molecule has 0 aliphatic carbocycles. The molecule has 0 aliphatic heterocycles. The number of halogens is 3. The van der Waals surface area contributed by atoms with E-state index in [1.165, 1.54) is 12.1 Å². The maximum absolute atomic E-state index is 12.8.